The lowest BCUT2D eigenvalue weighted by Crippen LogP contribution is -2.36. The third kappa shape index (κ3) is 6.62. The van der Waals surface area contributed by atoms with Crippen molar-refractivity contribution in [1.29, 1.82) is 0 Å². The van der Waals surface area contributed by atoms with Crippen molar-refractivity contribution >= 4 is 5.97 Å². The highest BCUT2D eigenvalue weighted by Gasteiger charge is 2.27. The third-order valence-electron chi connectivity index (χ3n) is 3.12. The first-order valence-corrected chi connectivity index (χ1v) is 6.79. The van der Waals surface area contributed by atoms with Crippen molar-refractivity contribution in [2.24, 2.45) is 0 Å². The highest BCUT2D eigenvalue weighted by Crippen LogP contribution is 2.23. The molecule has 21 heavy (non-hydrogen) atoms. The quantitative estimate of drug-likeness (QED) is 0.782. The Balaban J connectivity index is 2.59. The number of benzene rings is 1. The minimum Gasteiger partial charge on any atom is -0.468 e. The predicted octanol–water partition coefficient (Wildman–Crippen LogP) is 3.61. The molecule has 0 heterocycles. The second kappa shape index (κ2) is 8.02. The van der Waals surface area contributed by atoms with Crippen molar-refractivity contribution < 1.29 is 22.7 Å². The number of halogens is 3. The molecule has 118 valence electrons. The Morgan fingerprint density at radius 3 is 2.43 bits per heavy atom. The van der Waals surface area contributed by atoms with E-state index in [0.717, 1.165) is 5.56 Å². The number of esters is 1. The molecule has 0 saturated carbocycles. The zero-order chi connectivity index (χ0) is 15.9. The molecule has 0 radical (unpaired) electrons. The van der Waals surface area contributed by atoms with E-state index < -0.39 is 24.6 Å². The Hall–Kier alpha value is -1.56. The van der Waals surface area contributed by atoms with E-state index in [9.17, 15) is 18.0 Å². The minimum absolute atomic E-state index is 0.0281. The predicted molar refractivity (Wildman–Crippen MR) is 73.7 cm³/mol. The summed E-state index contributed by atoms with van der Waals surface area (Å²) in [6, 6.07) is 8.06. The number of hydrogen-bond donors (Lipinski definition) is 1. The molecule has 0 saturated heterocycles. The molecule has 1 rings (SSSR count). The maximum absolute atomic E-state index is 12.1. The maximum atomic E-state index is 12.1. The third-order valence-corrected chi connectivity index (χ3v) is 3.12. The summed E-state index contributed by atoms with van der Waals surface area (Å²) >= 11 is 0. The molecular formula is C15H20F3NO2. The average molecular weight is 303 g/mol. The molecule has 6 heteroatoms. The van der Waals surface area contributed by atoms with Crippen LogP contribution in [0.25, 0.3) is 0 Å². The summed E-state index contributed by atoms with van der Waals surface area (Å²) in [5.41, 5.74) is 0.729. The minimum atomic E-state index is -4.14. The van der Waals surface area contributed by atoms with Crippen LogP contribution in [0.2, 0.25) is 0 Å². The van der Waals surface area contributed by atoms with E-state index in [1.807, 2.05) is 6.07 Å². The van der Waals surface area contributed by atoms with Crippen LogP contribution in [0.3, 0.4) is 0 Å². The number of carbonyl (C=O) groups excluding carboxylic acids is 1. The topological polar surface area (TPSA) is 38.3 Å². The van der Waals surface area contributed by atoms with E-state index >= 15 is 0 Å². The average Bonchev–Trinajstić information content (AvgIpc) is 2.43. The van der Waals surface area contributed by atoms with E-state index in [4.69, 9.17) is 4.74 Å². The van der Waals surface area contributed by atoms with Crippen LogP contribution >= 0.6 is 0 Å². The van der Waals surface area contributed by atoms with Crippen LogP contribution in [-0.2, 0) is 9.53 Å². The van der Waals surface area contributed by atoms with Gasteiger partial charge in [-0.15, -0.1) is 0 Å². The lowest BCUT2D eigenvalue weighted by molar-refractivity contribution is -0.144. The number of hydrogen-bond acceptors (Lipinski definition) is 3. The van der Waals surface area contributed by atoms with Gasteiger partial charge in [0.2, 0.25) is 0 Å². The molecule has 2 unspecified atom stereocenters. The van der Waals surface area contributed by atoms with E-state index in [2.05, 4.69) is 5.32 Å². The summed E-state index contributed by atoms with van der Waals surface area (Å²) in [5.74, 6) is -0.455. The van der Waals surface area contributed by atoms with Crippen molar-refractivity contribution in [1.82, 2.24) is 5.32 Å². The van der Waals surface area contributed by atoms with E-state index in [1.165, 1.54) is 7.11 Å². The normalized spacial score (nSPS) is 14.5. The van der Waals surface area contributed by atoms with Gasteiger partial charge in [-0.3, -0.25) is 5.32 Å². The lowest BCUT2D eigenvalue weighted by atomic mass is 10.0. The Kier molecular flexibility index (Phi) is 6.68. The molecule has 0 amide bonds. The van der Waals surface area contributed by atoms with Crippen LogP contribution in [0.5, 0.6) is 0 Å². The smallest absolute Gasteiger partial charge is 0.389 e. The Morgan fingerprint density at radius 1 is 1.29 bits per heavy atom. The summed E-state index contributed by atoms with van der Waals surface area (Å²) in [7, 11) is 1.29. The van der Waals surface area contributed by atoms with Crippen molar-refractivity contribution in [3.05, 3.63) is 35.9 Å². The molecule has 0 spiro atoms. The monoisotopic (exact) mass is 303 g/mol. The Labute approximate surface area is 122 Å². The zero-order valence-corrected chi connectivity index (χ0v) is 12.1. The fraction of sp³-hybridized carbons (Fsp3) is 0.533. The van der Waals surface area contributed by atoms with E-state index in [-0.39, 0.29) is 12.5 Å². The highest BCUT2D eigenvalue weighted by atomic mass is 19.4. The summed E-state index contributed by atoms with van der Waals surface area (Å²) in [6.07, 6.45) is -4.59. The van der Waals surface area contributed by atoms with Gasteiger partial charge in [0.1, 0.15) is 6.04 Å². The standard InChI is InChI=1S/C15H20F3NO2/c1-11(7-6-10-15(16,17)18)19-13(14(20)21-2)12-8-4-3-5-9-12/h3-5,8-9,11,13,19H,6-7,10H2,1-2H3. The number of carbonyl (C=O) groups is 1. The number of nitrogens with one attached hydrogen (secondary N) is 1. The maximum Gasteiger partial charge on any atom is 0.389 e. The van der Waals surface area contributed by atoms with Crippen molar-refractivity contribution in [2.75, 3.05) is 7.11 Å². The summed E-state index contributed by atoms with van der Waals surface area (Å²) < 4.78 is 41.1. The molecule has 0 aliphatic carbocycles. The lowest BCUT2D eigenvalue weighted by Gasteiger charge is -2.22. The molecule has 1 aromatic carbocycles. The van der Waals surface area contributed by atoms with Gasteiger partial charge in [0.25, 0.3) is 0 Å². The number of alkyl halides is 3. The SMILES string of the molecule is COC(=O)C(NC(C)CCCC(F)(F)F)c1ccccc1. The van der Waals surface area contributed by atoms with Gasteiger partial charge in [-0.1, -0.05) is 30.3 Å². The van der Waals surface area contributed by atoms with Gasteiger partial charge in [-0.05, 0) is 25.3 Å². The molecule has 0 aromatic heterocycles. The summed E-state index contributed by atoms with van der Waals surface area (Å²) in [5, 5.41) is 3.03. The van der Waals surface area contributed by atoms with Gasteiger partial charge in [0.15, 0.2) is 0 Å². The van der Waals surface area contributed by atoms with Crippen LogP contribution in [0.15, 0.2) is 30.3 Å². The van der Waals surface area contributed by atoms with Crippen LogP contribution in [0.4, 0.5) is 13.2 Å². The molecule has 0 bridgehead atoms. The van der Waals surface area contributed by atoms with Gasteiger partial charge >= 0.3 is 12.1 Å². The molecule has 2 atom stereocenters. The molecule has 3 nitrogen and oxygen atoms in total. The molecule has 1 aromatic rings. The first kappa shape index (κ1) is 17.5. The van der Waals surface area contributed by atoms with E-state index in [0.29, 0.717) is 6.42 Å². The second-order valence-corrected chi connectivity index (χ2v) is 4.94. The van der Waals surface area contributed by atoms with Gasteiger partial charge in [0, 0.05) is 12.5 Å². The molecule has 0 aliphatic rings. The molecular weight excluding hydrogens is 283 g/mol. The fourth-order valence-electron chi connectivity index (χ4n) is 2.04. The van der Waals surface area contributed by atoms with E-state index in [1.54, 1.807) is 31.2 Å². The zero-order valence-electron chi connectivity index (χ0n) is 12.1. The largest absolute Gasteiger partial charge is 0.468 e. The van der Waals surface area contributed by atoms with Crippen LogP contribution in [-0.4, -0.2) is 25.3 Å². The first-order valence-electron chi connectivity index (χ1n) is 6.79. The molecule has 0 aliphatic heterocycles. The highest BCUT2D eigenvalue weighted by molar-refractivity contribution is 5.77. The van der Waals surface area contributed by atoms with Crippen LogP contribution < -0.4 is 5.32 Å². The van der Waals surface area contributed by atoms with Crippen molar-refractivity contribution in [3.63, 3.8) is 0 Å². The van der Waals surface area contributed by atoms with Crippen LogP contribution in [0, 0.1) is 0 Å². The summed E-state index contributed by atoms with van der Waals surface area (Å²) in [6.45, 7) is 1.76. The fourth-order valence-corrected chi connectivity index (χ4v) is 2.04. The first-order chi connectivity index (χ1) is 9.83. The molecule has 0 fully saturated rings. The Bertz CT molecular complexity index is 434. The number of methoxy groups -OCH3 is 1. The van der Waals surface area contributed by atoms with Gasteiger partial charge in [0.05, 0.1) is 7.11 Å². The van der Waals surface area contributed by atoms with Crippen molar-refractivity contribution in [3.8, 4) is 0 Å². The van der Waals surface area contributed by atoms with Gasteiger partial charge in [-0.25, -0.2) is 4.79 Å². The van der Waals surface area contributed by atoms with Gasteiger partial charge in [-0.2, -0.15) is 13.2 Å². The number of rotatable bonds is 7. The number of ether oxygens (including phenoxy) is 1. The summed E-state index contributed by atoms with van der Waals surface area (Å²) in [4.78, 5) is 11.8. The second-order valence-electron chi connectivity index (χ2n) is 4.94. The van der Waals surface area contributed by atoms with Gasteiger partial charge < -0.3 is 4.74 Å². The molecule has 1 N–H and O–H groups in total. The Morgan fingerprint density at radius 2 is 1.90 bits per heavy atom. The van der Waals surface area contributed by atoms with Crippen molar-refractivity contribution in [2.45, 2.75) is 44.4 Å². The van der Waals surface area contributed by atoms with Crippen LogP contribution in [0.1, 0.15) is 37.8 Å².